The van der Waals surface area contributed by atoms with Gasteiger partial charge in [-0.1, -0.05) is 23.8 Å². The van der Waals surface area contributed by atoms with E-state index in [4.69, 9.17) is 9.31 Å². The van der Waals surface area contributed by atoms with Gasteiger partial charge in [0, 0.05) is 5.56 Å². The third-order valence-corrected chi connectivity index (χ3v) is 4.31. The van der Waals surface area contributed by atoms with Crippen LogP contribution in [-0.2, 0) is 15.2 Å². The molecule has 0 aliphatic carbocycles. The summed E-state index contributed by atoms with van der Waals surface area (Å²) >= 11 is 0. The van der Waals surface area contributed by atoms with Gasteiger partial charge >= 0.3 is 7.12 Å². The second-order valence-corrected chi connectivity index (χ2v) is 6.61. The number of hydrogen-bond acceptors (Lipinski definition) is 3. The van der Waals surface area contributed by atoms with Crippen LogP contribution in [0.2, 0.25) is 0 Å². The molecule has 0 aromatic heterocycles. The Kier molecular flexibility index (Phi) is 3.52. The van der Waals surface area contributed by atoms with E-state index < -0.39 is 24.2 Å². The molecule has 20 heavy (non-hydrogen) atoms. The molecule has 0 spiro atoms. The maximum atomic E-state index is 13.7. The van der Waals surface area contributed by atoms with Crippen molar-refractivity contribution in [3.05, 3.63) is 29.3 Å². The standard InChI is InChI=1S/C15H22BFO3/c1-10-7-8-11(15(6,17)18)9-12(10)16-19-13(2,3)14(4,5)20-16/h7-9,18H,1-6H3. The van der Waals surface area contributed by atoms with E-state index in [1.54, 1.807) is 18.2 Å². The lowest BCUT2D eigenvalue weighted by Crippen LogP contribution is -2.41. The first kappa shape index (κ1) is 15.5. The molecule has 5 heteroatoms. The molecule has 0 bridgehead atoms. The first-order valence-corrected chi connectivity index (χ1v) is 6.82. The summed E-state index contributed by atoms with van der Waals surface area (Å²) in [4.78, 5) is 0. The van der Waals surface area contributed by atoms with Gasteiger partial charge in [0.2, 0.25) is 5.85 Å². The summed E-state index contributed by atoms with van der Waals surface area (Å²) in [5.41, 5.74) is 1.000. The molecule has 1 aliphatic heterocycles. The van der Waals surface area contributed by atoms with Gasteiger partial charge in [-0.3, -0.25) is 0 Å². The quantitative estimate of drug-likeness (QED) is 0.846. The van der Waals surface area contributed by atoms with Crippen molar-refractivity contribution in [1.29, 1.82) is 0 Å². The van der Waals surface area contributed by atoms with Crippen molar-refractivity contribution >= 4 is 12.6 Å². The predicted molar refractivity (Wildman–Crippen MR) is 77.6 cm³/mol. The molecule has 1 aromatic carbocycles. The summed E-state index contributed by atoms with van der Waals surface area (Å²) in [7, 11) is -0.553. The molecule has 0 saturated carbocycles. The SMILES string of the molecule is Cc1ccc(C(C)(O)F)cc1B1OC(C)(C)C(C)(C)O1. The van der Waals surface area contributed by atoms with Gasteiger partial charge in [0.05, 0.1) is 11.2 Å². The highest BCUT2D eigenvalue weighted by Gasteiger charge is 2.52. The van der Waals surface area contributed by atoms with Crippen LogP contribution in [-0.4, -0.2) is 23.4 Å². The van der Waals surface area contributed by atoms with Crippen LogP contribution >= 0.6 is 0 Å². The van der Waals surface area contributed by atoms with Crippen molar-refractivity contribution in [3.8, 4) is 0 Å². The Hall–Kier alpha value is -0.905. The van der Waals surface area contributed by atoms with Crippen LogP contribution in [0.3, 0.4) is 0 Å². The predicted octanol–water partition coefficient (Wildman–Crippen LogP) is 2.43. The van der Waals surface area contributed by atoms with E-state index >= 15 is 0 Å². The Balaban J connectivity index is 2.40. The van der Waals surface area contributed by atoms with Crippen molar-refractivity contribution < 1.29 is 18.8 Å². The first-order chi connectivity index (χ1) is 8.94. The maximum absolute atomic E-state index is 13.7. The summed E-state index contributed by atoms with van der Waals surface area (Å²) < 4.78 is 25.6. The Morgan fingerprint density at radius 1 is 1.15 bits per heavy atom. The lowest BCUT2D eigenvalue weighted by molar-refractivity contribution is -0.0768. The van der Waals surface area contributed by atoms with Gasteiger partial charge in [-0.25, -0.2) is 4.39 Å². The number of halogens is 1. The fourth-order valence-electron chi connectivity index (χ4n) is 2.15. The summed E-state index contributed by atoms with van der Waals surface area (Å²) in [6, 6.07) is 4.95. The Morgan fingerprint density at radius 2 is 1.65 bits per heavy atom. The van der Waals surface area contributed by atoms with E-state index in [9.17, 15) is 9.50 Å². The van der Waals surface area contributed by atoms with E-state index in [2.05, 4.69) is 0 Å². The molecule has 2 rings (SSSR count). The van der Waals surface area contributed by atoms with Crippen LogP contribution in [0.5, 0.6) is 0 Å². The number of rotatable bonds is 2. The van der Waals surface area contributed by atoms with Crippen molar-refractivity contribution in [2.24, 2.45) is 0 Å². The van der Waals surface area contributed by atoms with Crippen LogP contribution in [0.4, 0.5) is 4.39 Å². The molecule has 0 radical (unpaired) electrons. The van der Waals surface area contributed by atoms with Gasteiger partial charge < -0.3 is 14.4 Å². The summed E-state index contributed by atoms with van der Waals surface area (Å²) in [6.07, 6.45) is 0. The van der Waals surface area contributed by atoms with Gasteiger partial charge in [0.1, 0.15) is 0 Å². The number of benzene rings is 1. The van der Waals surface area contributed by atoms with E-state index in [0.717, 1.165) is 17.9 Å². The zero-order chi connectivity index (χ0) is 15.3. The average Bonchev–Trinajstić information content (AvgIpc) is 2.46. The third-order valence-electron chi connectivity index (χ3n) is 4.31. The maximum Gasteiger partial charge on any atom is 0.495 e. The smallest absolute Gasteiger partial charge is 0.399 e. The summed E-state index contributed by atoms with van der Waals surface area (Å²) in [5, 5.41) is 9.50. The van der Waals surface area contributed by atoms with Crippen molar-refractivity contribution in [2.45, 2.75) is 58.6 Å². The van der Waals surface area contributed by atoms with E-state index in [1.807, 2.05) is 34.6 Å². The van der Waals surface area contributed by atoms with Crippen LogP contribution in [0.25, 0.3) is 0 Å². The lowest BCUT2D eigenvalue weighted by atomic mass is 9.75. The first-order valence-electron chi connectivity index (χ1n) is 6.82. The van der Waals surface area contributed by atoms with Crippen LogP contribution < -0.4 is 5.46 Å². The topological polar surface area (TPSA) is 38.7 Å². The fraction of sp³-hybridized carbons (Fsp3) is 0.600. The monoisotopic (exact) mass is 280 g/mol. The van der Waals surface area contributed by atoms with Gasteiger partial charge in [0.25, 0.3) is 0 Å². The highest BCUT2D eigenvalue weighted by atomic mass is 19.2. The van der Waals surface area contributed by atoms with Gasteiger partial charge in [-0.2, -0.15) is 0 Å². The number of hydrogen-bond donors (Lipinski definition) is 1. The summed E-state index contributed by atoms with van der Waals surface area (Å²) in [6.45, 7) is 10.9. The molecular weight excluding hydrogens is 258 g/mol. The molecule has 1 aliphatic rings. The van der Waals surface area contributed by atoms with Crippen LogP contribution in [0, 0.1) is 6.92 Å². The average molecular weight is 280 g/mol. The van der Waals surface area contributed by atoms with E-state index in [-0.39, 0.29) is 5.56 Å². The lowest BCUT2D eigenvalue weighted by Gasteiger charge is -2.32. The summed E-state index contributed by atoms with van der Waals surface area (Å²) in [5.74, 6) is -2.37. The molecule has 1 N–H and O–H groups in total. The van der Waals surface area contributed by atoms with E-state index in [0.29, 0.717) is 0 Å². The highest BCUT2D eigenvalue weighted by molar-refractivity contribution is 6.62. The van der Waals surface area contributed by atoms with Gasteiger partial charge in [-0.15, -0.1) is 0 Å². The van der Waals surface area contributed by atoms with Crippen molar-refractivity contribution in [2.75, 3.05) is 0 Å². The molecule has 110 valence electrons. The Bertz CT molecular complexity index is 504. The number of aryl methyl sites for hydroxylation is 1. The molecule has 1 atom stereocenters. The molecule has 1 heterocycles. The zero-order valence-corrected chi connectivity index (χ0v) is 13.0. The number of aliphatic hydroxyl groups is 1. The molecule has 1 fully saturated rings. The third kappa shape index (κ3) is 2.62. The molecule has 1 aromatic rings. The van der Waals surface area contributed by atoms with Crippen molar-refractivity contribution in [3.63, 3.8) is 0 Å². The fourth-order valence-corrected chi connectivity index (χ4v) is 2.15. The Labute approximate surface area is 120 Å². The second kappa shape index (κ2) is 4.55. The minimum atomic E-state index is -2.37. The van der Waals surface area contributed by atoms with Crippen molar-refractivity contribution in [1.82, 2.24) is 0 Å². The largest absolute Gasteiger partial charge is 0.495 e. The normalized spacial score (nSPS) is 23.7. The molecular formula is C15H22BFO3. The second-order valence-electron chi connectivity index (χ2n) is 6.61. The van der Waals surface area contributed by atoms with E-state index in [1.165, 1.54) is 0 Å². The van der Waals surface area contributed by atoms with Crippen LogP contribution in [0.15, 0.2) is 18.2 Å². The highest BCUT2D eigenvalue weighted by Crippen LogP contribution is 2.37. The van der Waals surface area contributed by atoms with Crippen LogP contribution in [0.1, 0.15) is 45.7 Å². The minimum Gasteiger partial charge on any atom is -0.399 e. The molecule has 1 saturated heterocycles. The Morgan fingerprint density at radius 3 is 2.10 bits per heavy atom. The van der Waals surface area contributed by atoms with Gasteiger partial charge in [0.15, 0.2) is 0 Å². The minimum absolute atomic E-state index is 0.202. The zero-order valence-electron chi connectivity index (χ0n) is 13.0. The van der Waals surface area contributed by atoms with Gasteiger partial charge in [-0.05, 0) is 47.0 Å². The molecule has 1 unspecified atom stereocenters. The number of alkyl halides is 1. The molecule has 3 nitrogen and oxygen atoms in total. The molecule has 0 amide bonds.